The fraction of sp³-hybridized carbons (Fsp3) is 0.118. The Morgan fingerprint density at radius 3 is 2.48 bits per heavy atom. The second-order valence-corrected chi connectivity index (χ2v) is 5.52. The summed E-state index contributed by atoms with van der Waals surface area (Å²) in [6.07, 6.45) is 0. The fourth-order valence-corrected chi connectivity index (χ4v) is 2.98. The molecule has 2 aliphatic rings. The van der Waals surface area contributed by atoms with E-state index in [1.807, 2.05) is 0 Å². The average molecular weight is 337 g/mol. The first-order chi connectivity index (χ1) is 12.1. The molecule has 0 spiro atoms. The van der Waals surface area contributed by atoms with E-state index in [0.717, 1.165) is 0 Å². The molecule has 0 saturated heterocycles. The Kier molecular flexibility index (Phi) is 3.22. The molecule has 0 bridgehead atoms. The Bertz CT molecular complexity index is 959. The fourth-order valence-electron chi connectivity index (χ4n) is 2.98. The molecule has 8 nitrogen and oxygen atoms in total. The summed E-state index contributed by atoms with van der Waals surface area (Å²) in [5.41, 5.74) is 7.49. The molecule has 25 heavy (non-hydrogen) atoms. The Morgan fingerprint density at radius 1 is 1.16 bits per heavy atom. The van der Waals surface area contributed by atoms with E-state index in [4.69, 9.17) is 19.9 Å². The maximum atomic E-state index is 10.9. The van der Waals surface area contributed by atoms with Crippen LogP contribution in [0.2, 0.25) is 0 Å². The van der Waals surface area contributed by atoms with Gasteiger partial charge in [0.15, 0.2) is 11.5 Å². The van der Waals surface area contributed by atoms with Crippen molar-refractivity contribution in [2.24, 2.45) is 5.73 Å². The number of nitriles is 1. The second-order valence-electron chi connectivity index (χ2n) is 5.52. The van der Waals surface area contributed by atoms with Gasteiger partial charge in [0.1, 0.15) is 17.4 Å². The molecule has 0 aliphatic carbocycles. The molecule has 0 amide bonds. The third-order valence-corrected chi connectivity index (χ3v) is 4.15. The second kappa shape index (κ2) is 5.42. The normalized spacial score (nSPS) is 17.5. The lowest BCUT2D eigenvalue weighted by atomic mass is 9.83. The van der Waals surface area contributed by atoms with Gasteiger partial charge < -0.3 is 19.9 Å². The molecule has 4 rings (SSSR count). The van der Waals surface area contributed by atoms with Crippen LogP contribution in [0.15, 0.2) is 47.9 Å². The van der Waals surface area contributed by atoms with E-state index < -0.39 is 10.8 Å². The van der Waals surface area contributed by atoms with Gasteiger partial charge in [-0.05, 0) is 11.6 Å². The van der Waals surface area contributed by atoms with Crippen LogP contribution < -0.4 is 19.9 Å². The van der Waals surface area contributed by atoms with Crippen molar-refractivity contribution >= 4 is 5.69 Å². The Hall–Kier alpha value is -3.73. The molecule has 1 atom stereocenters. The highest BCUT2D eigenvalue weighted by Gasteiger charge is 2.33. The lowest BCUT2D eigenvalue weighted by molar-refractivity contribution is -0.384. The minimum Gasteiger partial charge on any atom is -0.454 e. The summed E-state index contributed by atoms with van der Waals surface area (Å²) in [5, 5.41) is 20.4. The molecule has 2 aromatic carbocycles. The first-order valence-electron chi connectivity index (χ1n) is 7.34. The number of rotatable bonds is 2. The number of allylic oxidation sites excluding steroid dienone is 1. The van der Waals surface area contributed by atoms with Crippen LogP contribution in [0.1, 0.15) is 17.0 Å². The average Bonchev–Trinajstić information content (AvgIpc) is 3.06. The highest BCUT2D eigenvalue weighted by atomic mass is 16.7. The predicted molar refractivity (Wildman–Crippen MR) is 85.0 cm³/mol. The molecule has 8 heteroatoms. The van der Waals surface area contributed by atoms with E-state index in [1.54, 1.807) is 24.3 Å². The van der Waals surface area contributed by atoms with Crippen LogP contribution in [-0.4, -0.2) is 11.7 Å². The molecule has 0 aromatic heterocycles. The molecule has 1 unspecified atom stereocenters. The van der Waals surface area contributed by atoms with Crippen LogP contribution >= 0.6 is 0 Å². The zero-order valence-electron chi connectivity index (χ0n) is 12.8. The summed E-state index contributed by atoms with van der Waals surface area (Å²) in [5.74, 6) is 1.03. The number of non-ortho nitro benzene ring substituents is 1. The standard InChI is InChI=1S/C17H11N3O5/c18-7-12-16(9-1-3-10(4-2-9)20(21)22)11-5-14-15(24-8-23-14)6-13(11)25-17(12)19/h1-6,16H,8,19H2. The third kappa shape index (κ3) is 2.30. The number of nitro groups is 1. The maximum absolute atomic E-state index is 10.9. The number of fused-ring (bicyclic) bond motifs is 2. The first-order valence-corrected chi connectivity index (χ1v) is 7.34. The van der Waals surface area contributed by atoms with Crippen LogP contribution in [0, 0.1) is 21.4 Å². The zero-order valence-corrected chi connectivity index (χ0v) is 12.8. The Balaban J connectivity index is 1.87. The van der Waals surface area contributed by atoms with E-state index >= 15 is 0 Å². The molecule has 2 aliphatic heterocycles. The largest absolute Gasteiger partial charge is 0.454 e. The van der Waals surface area contributed by atoms with Crippen molar-refractivity contribution in [3.05, 3.63) is 69.1 Å². The first kappa shape index (κ1) is 14.8. The van der Waals surface area contributed by atoms with E-state index in [0.29, 0.717) is 28.4 Å². The van der Waals surface area contributed by atoms with Crippen molar-refractivity contribution in [1.82, 2.24) is 0 Å². The van der Waals surface area contributed by atoms with Crippen molar-refractivity contribution in [3.8, 4) is 23.3 Å². The lowest BCUT2D eigenvalue weighted by Gasteiger charge is -2.26. The Morgan fingerprint density at radius 2 is 1.84 bits per heavy atom. The van der Waals surface area contributed by atoms with Gasteiger partial charge in [0.2, 0.25) is 12.7 Å². The summed E-state index contributed by atoms with van der Waals surface area (Å²) < 4.78 is 16.3. The van der Waals surface area contributed by atoms with Gasteiger partial charge >= 0.3 is 0 Å². The molecule has 2 heterocycles. The smallest absolute Gasteiger partial charge is 0.269 e. The number of benzene rings is 2. The van der Waals surface area contributed by atoms with Crippen LogP contribution in [0.4, 0.5) is 5.69 Å². The number of nitrogens with two attached hydrogens (primary N) is 1. The summed E-state index contributed by atoms with van der Waals surface area (Å²) in [7, 11) is 0. The highest BCUT2D eigenvalue weighted by molar-refractivity contribution is 5.61. The number of hydrogen-bond acceptors (Lipinski definition) is 7. The summed E-state index contributed by atoms with van der Waals surface area (Å²) in [6, 6.07) is 11.5. The van der Waals surface area contributed by atoms with Gasteiger partial charge in [-0.15, -0.1) is 0 Å². The van der Waals surface area contributed by atoms with Crippen molar-refractivity contribution in [2.75, 3.05) is 6.79 Å². The predicted octanol–water partition coefficient (Wildman–Crippen LogP) is 2.54. The number of nitrogens with zero attached hydrogens (tertiary/aromatic N) is 2. The maximum Gasteiger partial charge on any atom is 0.269 e. The van der Waals surface area contributed by atoms with Crippen molar-refractivity contribution in [3.63, 3.8) is 0 Å². The van der Waals surface area contributed by atoms with Crippen LogP contribution in [0.3, 0.4) is 0 Å². The van der Waals surface area contributed by atoms with Crippen LogP contribution in [0.25, 0.3) is 0 Å². The minimum absolute atomic E-state index is 0.00258. The highest BCUT2D eigenvalue weighted by Crippen LogP contribution is 2.47. The number of nitro benzene ring substituents is 1. The van der Waals surface area contributed by atoms with Crippen molar-refractivity contribution in [1.29, 1.82) is 5.26 Å². The van der Waals surface area contributed by atoms with Gasteiger partial charge in [0, 0.05) is 23.8 Å². The Labute approximate surface area is 141 Å². The third-order valence-electron chi connectivity index (χ3n) is 4.15. The van der Waals surface area contributed by atoms with Gasteiger partial charge in [-0.25, -0.2) is 0 Å². The number of hydrogen-bond donors (Lipinski definition) is 1. The molecular weight excluding hydrogens is 326 g/mol. The molecule has 0 saturated carbocycles. The van der Waals surface area contributed by atoms with Crippen LogP contribution in [-0.2, 0) is 0 Å². The molecule has 124 valence electrons. The van der Waals surface area contributed by atoms with Gasteiger partial charge in [-0.2, -0.15) is 5.26 Å². The van der Waals surface area contributed by atoms with Gasteiger partial charge in [0.05, 0.1) is 10.8 Å². The molecule has 0 fully saturated rings. The van der Waals surface area contributed by atoms with E-state index in [-0.39, 0.29) is 23.9 Å². The topological polar surface area (TPSA) is 121 Å². The summed E-state index contributed by atoms with van der Waals surface area (Å²) in [4.78, 5) is 10.4. The summed E-state index contributed by atoms with van der Waals surface area (Å²) >= 11 is 0. The quantitative estimate of drug-likeness (QED) is 0.660. The zero-order chi connectivity index (χ0) is 17.6. The van der Waals surface area contributed by atoms with Gasteiger partial charge in [-0.1, -0.05) is 12.1 Å². The van der Waals surface area contributed by atoms with Crippen LogP contribution in [0.5, 0.6) is 17.2 Å². The number of ether oxygens (including phenoxy) is 3. The van der Waals surface area contributed by atoms with Gasteiger partial charge in [0.25, 0.3) is 5.69 Å². The van der Waals surface area contributed by atoms with E-state index in [9.17, 15) is 15.4 Å². The SMILES string of the molecule is N#CC1=C(N)Oc2cc3c(cc2C1c1ccc([N+](=O)[O-])cc1)OCO3. The van der Waals surface area contributed by atoms with E-state index in [1.165, 1.54) is 12.1 Å². The van der Waals surface area contributed by atoms with Crippen molar-refractivity contribution in [2.45, 2.75) is 5.92 Å². The lowest BCUT2D eigenvalue weighted by Crippen LogP contribution is -2.21. The molecule has 2 aromatic rings. The van der Waals surface area contributed by atoms with E-state index in [2.05, 4.69) is 6.07 Å². The molecular formula is C17H11N3O5. The minimum atomic E-state index is -0.510. The monoisotopic (exact) mass is 337 g/mol. The molecule has 0 radical (unpaired) electrons. The van der Waals surface area contributed by atoms with Gasteiger partial charge in [-0.3, -0.25) is 10.1 Å². The molecule has 2 N–H and O–H groups in total. The van der Waals surface area contributed by atoms with Crippen molar-refractivity contribution < 1.29 is 19.1 Å². The summed E-state index contributed by atoms with van der Waals surface area (Å²) in [6.45, 7) is 0.106.